The molecule has 5 nitrogen and oxygen atoms in total. The van der Waals surface area contributed by atoms with Gasteiger partial charge in [-0.05, 0) is 30.3 Å². The average Bonchev–Trinajstić information content (AvgIpc) is 3.08. The van der Waals surface area contributed by atoms with E-state index in [-0.39, 0.29) is 0 Å². The zero-order valence-electron chi connectivity index (χ0n) is 11.9. The predicted octanol–water partition coefficient (Wildman–Crippen LogP) is 3.42. The van der Waals surface area contributed by atoms with E-state index in [1.165, 1.54) is 0 Å². The lowest BCUT2D eigenvalue weighted by Gasteiger charge is -1.99. The number of aromatic carboxylic acids is 1. The highest BCUT2D eigenvalue weighted by Crippen LogP contribution is 2.31. The maximum atomic E-state index is 11.1. The smallest absolute Gasteiger partial charge is 0.335 e. The van der Waals surface area contributed by atoms with Crippen LogP contribution in [-0.4, -0.2) is 25.6 Å². The Morgan fingerprint density at radius 1 is 1.27 bits per heavy atom. The molecule has 0 amide bonds. The molecule has 3 heterocycles. The third-order valence-corrected chi connectivity index (χ3v) is 3.92. The Bertz CT molecular complexity index is 994. The molecule has 1 aromatic carbocycles. The number of nitrogens with one attached hydrogen (secondary N) is 1. The largest absolute Gasteiger partial charge is 0.478 e. The second kappa shape index (κ2) is 4.46. The molecular weight excluding hydrogens is 278 g/mol. The molecule has 0 saturated heterocycles. The lowest BCUT2D eigenvalue weighted by Crippen LogP contribution is -1.96. The highest BCUT2D eigenvalue weighted by atomic mass is 16.4. The predicted molar refractivity (Wildman–Crippen MR) is 85.0 cm³/mol. The van der Waals surface area contributed by atoms with Gasteiger partial charge in [0, 0.05) is 47.0 Å². The molecule has 4 aromatic rings. The van der Waals surface area contributed by atoms with Crippen molar-refractivity contribution < 1.29 is 9.90 Å². The number of hydrogen-bond donors (Lipinski definition) is 2. The quantitative estimate of drug-likeness (QED) is 0.594. The van der Waals surface area contributed by atoms with Gasteiger partial charge in [-0.3, -0.25) is 0 Å². The van der Waals surface area contributed by atoms with Gasteiger partial charge in [-0.1, -0.05) is 6.07 Å². The van der Waals surface area contributed by atoms with Gasteiger partial charge >= 0.3 is 5.97 Å². The molecule has 0 atom stereocenters. The van der Waals surface area contributed by atoms with Crippen LogP contribution in [0.4, 0.5) is 0 Å². The number of H-pyrrole nitrogens is 1. The average molecular weight is 291 g/mol. The number of fused-ring (bicyclic) bond motifs is 2. The molecule has 5 heteroatoms. The van der Waals surface area contributed by atoms with Gasteiger partial charge in [0.05, 0.1) is 5.56 Å². The van der Waals surface area contributed by atoms with E-state index in [2.05, 4.69) is 16.0 Å². The van der Waals surface area contributed by atoms with Crippen LogP contribution in [0.2, 0.25) is 0 Å². The first-order valence-electron chi connectivity index (χ1n) is 6.90. The number of aromatic nitrogens is 3. The van der Waals surface area contributed by atoms with Gasteiger partial charge in [0.1, 0.15) is 5.65 Å². The van der Waals surface area contributed by atoms with Crippen molar-refractivity contribution in [2.45, 2.75) is 0 Å². The summed E-state index contributed by atoms with van der Waals surface area (Å²) in [5.41, 5.74) is 4.03. The van der Waals surface area contributed by atoms with Crippen LogP contribution in [0.3, 0.4) is 0 Å². The van der Waals surface area contributed by atoms with Gasteiger partial charge in [-0.15, -0.1) is 0 Å². The van der Waals surface area contributed by atoms with Gasteiger partial charge < -0.3 is 14.7 Å². The number of aryl methyl sites for hydroxylation is 1. The Labute approximate surface area is 125 Å². The molecular formula is C17H13N3O2. The lowest BCUT2D eigenvalue weighted by molar-refractivity contribution is 0.0697. The second-order valence-electron chi connectivity index (χ2n) is 5.32. The first-order chi connectivity index (χ1) is 10.6. The minimum Gasteiger partial charge on any atom is -0.478 e. The standard InChI is InChI=1S/C17H13N3O2/c1-20-9-13(12-5-4-11(17(21)22)8-15(12)20)14-7-10-3-2-6-18-16(10)19-14/h2-9H,1H3,(H,18,19)(H,21,22). The van der Waals surface area contributed by atoms with Crippen molar-refractivity contribution in [3.63, 3.8) is 0 Å². The fourth-order valence-corrected chi connectivity index (χ4v) is 2.83. The Morgan fingerprint density at radius 2 is 2.14 bits per heavy atom. The van der Waals surface area contributed by atoms with Gasteiger partial charge in [-0.25, -0.2) is 9.78 Å². The summed E-state index contributed by atoms with van der Waals surface area (Å²) in [5.74, 6) is -0.917. The fourth-order valence-electron chi connectivity index (χ4n) is 2.83. The Morgan fingerprint density at radius 3 is 2.91 bits per heavy atom. The Hall–Kier alpha value is -3.08. The topological polar surface area (TPSA) is 70.9 Å². The molecule has 0 saturated carbocycles. The number of carboxylic acids is 1. The number of pyridine rings is 1. The first-order valence-corrected chi connectivity index (χ1v) is 6.90. The van der Waals surface area contributed by atoms with E-state index in [0.717, 1.165) is 33.2 Å². The number of rotatable bonds is 2. The Balaban J connectivity index is 1.96. The molecule has 0 aliphatic heterocycles. The molecule has 0 spiro atoms. The number of nitrogens with zero attached hydrogens (tertiary/aromatic N) is 2. The van der Waals surface area contributed by atoms with Gasteiger partial charge in [0.2, 0.25) is 0 Å². The number of aromatic amines is 1. The van der Waals surface area contributed by atoms with Crippen molar-refractivity contribution >= 4 is 27.9 Å². The third-order valence-electron chi connectivity index (χ3n) is 3.92. The zero-order chi connectivity index (χ0) is 15.3. The summed E-state index contributed by atoms with van der Waals surface area (Å²) in [6.07, 6.45) is 3.76. The summed E-state index contributed by atoms with van der Waals surface area (Å²) in [4.78, 5) is 18.8. The summed E-state index contributed by atoms with van der Waals surface area (Å²) in [5, 5.41) is 11.2. The van der Waals surface area contributed by atoms with Crippen molar-refractivity contribution in [3.8, 4) is 11.3 Å². The molecule has 108 valence electrons. The SMILES string of the molecule is Cn1cc(-c2cc3cccnc3[nH]2)c2ccc(C(=O)O)cc21. The Kier molecular flexibility index (Phi) is 2.56. The van der Waals surface area contributed by atoms with Gasteiger partial charge in [-0.2, -0.15) is 0 Å². The van der Waals surface area contributed by atoms with Crippen LogP contribution in [0, 0.1) is 0 Å². The highest BCUT2D eigenvalue weighted by molar-refractivity contribution is 6.01. The summed E-state index contributed by atoms with van der Waals surface area (Å²) in [7, 11) is 1.92. The van der Waals surface area contributed by atoms with E-state index < -0.39 is 5.97 Å². The molecule has 4 rings (SSSR count). The molecule has 0 radical (unpaired) electrons. The van der Waals surface area contributed by atoms with Crippen LogP contribution in [0.1, 0.15) is 10.4 Å². The summed E-state index contributed by atoms with van der Waals surface area (Å²) >= 11 is 0. The molecule has 3 aromatic heterocycles. The fraction of sp³-hybridized carbons (Fsp3) is 0.0588. The monoisotopic (exact) mass is 291 g/mol. The lowest BCUT2D eigenvalue weighted by atomic mass is 10.1. The van der Waals surface area contributed by atoms with Crippen molar-refractivity contribution in [1.29, 1.82) is 0 Å². The molecule has 0 aliphatic carbocycles. The summed E-state index contributed by atoms with van der Waals surface area (Å²) in [6, 6.07) is 11.2. The molecule has 2 N–H and O–H groups in total. The molecule has 0 aliphatic rings. The van der Waals surface area contributed by atoms with Crippen LogP contribution >= 0.6 is 0 Å². The molecule has 22 heavy (non-hydrogen) atoms. The highest BCUT2D eigenvalue weighted by Gasteiger charge is 2.13. The third kappa shape index (κ3) is 1.79. The van der Waals surface area contributed by atoms with Crippen LogP contribution in [-0.2, 0) is 7.05 Å². The van der Waals surface area contributed by atoms with E-state index in [4.69, 9.17) is 5.11 Å². The van der Waals surface area contributed by atoms with E-state index in [9.17, 15) is 4.79 Å². The molecule has 0 bridgehead atoms. The number of benzene rings is 1. The van der Waals surface area contributed by atoms with Crippen molar-refractivity contribution in [1.82, 2.24) is 14.5 Å². The van der Waals surface area contributed by atoms with Crippen LogP contribution in [0.5, 0.6) is 0 Å². The van der Waals surface area contributed by atoms with Crippen LogP contribution < -0.4 is 0 Å². The maximum absolute atomic E-state index is 11.1. The normalized spacial score (nSPS) is 11.3. The maximum Gasteiger partial charge on any atom is 0.335 e. The van der Waals surface area contributed by atoms with Crippen molar-refractivity contribution in [2.24, 2.45) is 7.05 Å². The minimum absolute atomic E-state index is 0.290. The van der Waals surface area contributed by atoms with Crippen molar-refractivity contribution in [2.75, 3.05) is 0 Å². The van der Waals surface area contributed by atoms with Crippen molar-refractivity contribution in [3.05, 3.63) is 54.4 Å². The minimum atomic E-state index is -0.917. The zero-order valence-corrected chi connectivity index (χ0v) is 11.9. The number of carbonyl (C=O) groups is 1. The van der Waals surface area contributed by atoms with E-state index in [1.54, 1.807) is 18.3 Å². The molecule has 0 unspecified atom stereocenters. The van der Waals surface area contributed by atoms with E-state index in [0.29, 0.717) is 5.56 Å². The number of carboxylic acid groups (broad SMARTS) is 1. The summed E-state index contributed by atoms with van der Waals surface area (Å²) < 4.78 is 1.94. The van der Waals surface area contributed by atoms with E-state index in [1.807, 2.05) is 36.0 Å². The van der Waals surface area contributed by atoms with E-state index >= 15 is 0 Å². The molecule has 0 fully saturated rings. The first kappa shape index (κ1) is 12.6. The van der Waals surface area contributed by atoms with Gasteiger partial charge in [0.25, 0.3) is 0 Å². The van der Waals surface area contributed by atoms with Crippen LogP contribution in [0.15, 0.2) is 48.8 Å². The van der Waals surface area contributed by atoms with Gasteiger partial charge in [0.15, 0.2) is 0 Å². The summed E-state index contributed by atoms with van der Waals surface area (Å²) in [6.45, 7) is 0. The second-order valence-corrected chi connectivity index (χ2v) is 5.32. The van der Waals surface area contributed by atoms with Crippen LogP contribution in [0.25, 0.3) is 33.2 Å². The number of hydrogen-bond acceptors (Lipinski definition) is 2.